The summed E-state index contributed by atoms with van der Waals surface area (Å²) in [5.41, 5.74) is 1.85. The van der Waals surface area contributed by atoms with E-state index in [-0.39, 0.29) is 33.1 Å². The quantitative estimate of drug-likeness (QED) is 0.0813. The van der Waals surface area contributed by atoms with Crippen LogP contribution in [-0.2, 0) is 52.9 Å². The number of benzene rings is 4. The van der Waals surface area contributed by atoms with E-state index in [9.17, 15) is 45.6 Å². The molecular formula is C44H48N10O10S2. The number of urea groups is 2. The second-order valence-corrected chi connectivity index (χ2v) is 18.4. The summed E-state index contributed by atoms with van der Waals surface area (Å²) in [5, 5.41) is 16.1. The summed E-state index contributed by atoms with van der Waals surface area (Å²) in [6.07, 6.45) is 1.71. The van der Waals surface area contributed by atoms with E-state index in [0.717, 1.165) is 31.3 Å². The molecule has 0 aromatic heterocycles. The molecule has 0 saturated carbocycles. The van der Waals surface area contributed by atoms with E-state index in [0.29, 0.717) is 35.5 Å². The predicted octanol–water partition coefficient (Wildman–Crippen LogP) is 5.01. The highest BCUT2D eigenvalue weighted by Gasteiger charge is 2.44. The van der Waals surface area contributed by atoms with Crippen molar-refractivity contribution in [1.82, 2.24) is 24.3 Å². The Morgan fingerprint density at radius 2 is 1.03 bits per heavy atom. The zero-order valence-corrected chi connectivity index (χ0v) is 38.5. The molecule has 66 heavy (non-hydrogen) atoms. The lowest BCUT2D eigenvalue weighted by Crippen LogP contribution is -2.58. The number of likely N-dealkylation sites (N-methyl/N-ethyl adjacent to an activating group) is 4. The van der Waals surface area contributed by atoms with Crippen LogP contribution in [0.5, 0.6) is 0 Å². The molecule has 1 N–H and O–H groups in total. The van der Waals surface area contributed by atoms with Gasteiger partial charge in [0, 0.05) is 51.4 Å². The molecule has 22 heteroatoms. The van der Waals surface area contributed by atoms with Gasteiger partial charge < -0.3 is 0 Å². The molecule has 0 radical (unpaired) electrons. The summed E-state index contributed by atoms with van der Waals surface area (Å²) in [6, 6.07) is 20.3. The van der Waals surface area contributed by atoms with Gasteiger partial charge in [0.05, 0.1) is 22.0 Å². The molecule has 2 saturated heterocycles. The number of barbiturate groups is 2. The number of nitrogens with one attached hydrogen (secondary N) is 1. The van der Waals surface area contributed by atoms with Crippen molar-refractivity contribution >= 4 is 73.7 Å². The second-order valence-electron chi connectivity index (χ2n) is 15.8. The molecule has 0 bridgehead atoms. The van der Waals surface area contributed by atoms with Crippen molar-refractivity contribution in [2.45, 2.75) is 68.6 Å². The van der Waals surface area contributed by atoms with Gasteiger partial charge in [-0.3, -0.25) is 43.1 Å². The average Bonchev–Trinajstić information content (AvgIpc) is 3.30. The summed E-state index contributed by atoms with van der Waals surface area (Å²) in [7, 11) is -3.22. The molecule has 0 spiro atoms. The minimum absolute atomic E-state index is 0.00147. The number of hydrogen-bond acceptors (Lipinski definition) is 14. The number of rotatable bonds is 17. The second kappa shape index (κ2) is 20.4. The van der Waals surface area contributed by atoms with Crippen LogP contribution in [0, 0.1) is 0 Å². The molecule has 2 unspecified atom stereocenters. The van der Waals surface area contributed by atoms with Crippen molar-refractivity contribution in [1.29, 1.82) is 0 Å². The first kappa shape index (κ1) is 48.4. The molecule has 346 valence electrons. The lowest BCUT2D eigenvalue weighted by Gasteiger charge is -2.30. The predicted molar refractivity (Wildman–Crippen MR) is 242 cm³/mol. The Bertz CT molecular complexity index is 2750. The molecule has 2 fully saturated rings. The van der Waals surface area contributed by atoms with Crippen LogP contribution in [0.25, 0.3) is 11.1 Å². The van der Waals surface area contributed by atoms with E-state index in [1.807, 2.05) is 60.7 Å². The average molecular weight is 941 g/mol. The van der Waals surface area contributed by atoms with Gasteiger partial charge in [0.1, 0.15) is 0 Å². The molecule has 2 atom stereocenters. The summed E-state index contributed by atoms with van der Waals surface area (Å²) >= 11 is 0. The standard InChI is InChI=1S/C44H48N10O10S2/c1-27(17-19-29-13-9-7-10-14-29)49-66(63,64)36-26-32(46-48-38-41(57)52(5)44(60)53(6)42(38)58)22-24-34(36)33-23-21-31(45-47-37-39(55)50(3)43(59)51(4)40(37)56)25-35(33)54(65(61)62)28(2)18-20-30-15-11-8-12-16-30/h7-16,21-28,37-38,49,65H,17-20H2,1-6H3. The van der Waals surface area contributed by atoms with Crippen LogP contribution in [0.15, 0.2) is 122 Å². The number of thiol groups is 1. The molecule has 2 heterocycles. The summed E-state index contributed by atoms with van der Waals surface area (Å²) in [6.45, 7) is 3.37. The Balaban J connectivity index is 1.48. The molecule has 4 aromatic rings. The number of imide groups is 4. The van der Waals surface area contributed by atoms with Gasteiger partial charge in [-0.15, -0.1) is 0 Å². The molecule has 0 aliphatic carbocycles. The third-order valence-corrected chi connectivity index (χ3v) is 13.7. The Labute approximate surface area is 383 Å². The normalized spacial score (nSPS) is 16.7. The van der Waals surface area contributed by atoms with Crippen molar-refractivity contribution in [3.05, 3.63) is 108 Å². The third kappa shape index (κ3) is 10.6. The maximum atomic E-state index is 14.6. The number of hydrogen-bond donors (Lipinski definition) is 2. The largest absolute Gasteiger partial charge is 0.333 e. The summed E-state index contributed by atoms with van der Waals surface area (Å²) in [5.74, 6) is -3.73. The first-order valence-corrected chi connectivity index (χ1v) is 23.2. The lowest BCUT2D eigenvalue weighted by atomic mass is 10.0. The Hall–Kier alpha value is -7.04. The van der Waals surface area contributed by atoms with Crippen LogP contribution in [0.2, 0.25) is 0 Å². The van der Waals surface area contributed by atoms with E-state index in [1.165, 1.54) is 58.5 Å². The summed E-state index contributed by atoms with van der Waals surface area (Å²) in [4.78, 5) is 78.9. The van der Waals surface area contributed by atoms with Crippen LogP contribution in [-0.4, -0.2) is 124 Å². The Morgan fingerprint density at radius 3 is 1.48 bits per heavy atom. The molecule has 2 aliphatic heterocycles. The number of sulfonamides is 1. The SMILES string of the molecule is CC(CCc1ccccc1)NS(=O)(=O)c1cc(N=NC2C(=O)N(C)C(=O)N(C)C2=O)ccc1-c1ccc(N=NC2C(=O)N(C)C(=O)N(C)C2=O)cc1N(C(C)CCc1ccccc1)[SH](=O)=O. The number of anilines is 1. The molecule has 6 rings (SSSR count). The number of carbonyl (C=O) groups excluding carboxylic acids is 6. The highest BCUT2D eigenvalue weighted by molar-refractivity contribution is 7.89. The first-order valence-electron chi connectivity index (χ1n) is 20.6. The van der Waals surface area contributed by atoms with Gasteiger partial charge in [-0.1, -0.05) is 72.8 Å². The monoisotopic (exact) mass is 940 g/mol. The smallest absolute Gasteiger partial charge is 0.271 e. The van der Waals surface area contributed by atoms with Crippen LogP contribution in [0.4, 0.5) is 26.7 Å². The van der Waals surface area contributed by atoms with E-state index in [1.54, 1.807) is 13.8 Å². The van der Waals surface area contributed by atoms with Crippen molar-refractivity contribution in [3.8, 4) is 11.1 Å². The lowest BCUT2D eigenvalue weighted by molar-refractivity contribution is -0.144. The van der Waals surface area contributed by atoms with Gasteiger partial charge in [0.2, 0.25) is 33.0 Å². The molecule has 2 aliphatic rings. The number of nitrogens with zero attached hydrogens (tertiary/aromatic N) is 9. The number of carbonyl (C=O) groups is 6. The third-order valence-electron chi connectivity index (χ3n) is 11.1. The van der Waals surface area contributed by atoms with Crippen molar-refractivity contribution in [2.75, 3.05) is 32.5 Å². The Kier molecular flexibility index (Phi) is 15.0. The van der Waals surface area contributed by atoms with Crippen LogP contribution in [0.3, 0.4) is 0 Å². The van der Waals surface area contributed by atoms with E-state index in [2.05, 4.69) is 25.2 Å². The highest BCUT2D eigenvalue weighted by atomic mass is 32.2. The van der Waals surface area contributed by atoms with Gasteiger partial charge in [-0.2, -0.15) is 20.5 Å². The zero-order chi connectivity index (χ0) is 48.0. The maximum Gasteiger partial charge on any atom is 0.333 e. The van der Waals surface area contributed by atoms with E-state index >= 15 is 0 Å². The minimum atomic E-state index is -4.52. The van der Waals surface area contributed by atoms with Gasteiger partial charge in [-0.25, -0.2) is 31.1 Å². The van der Waals surface area contributed by atoms with E-state index in [4.69, 9.17) is 0 Å². The first-order chi connectivity index (χ1) is 31.3. The van der Waals surface area contributed by atoms with Crippen LogP contribution < -0.4 is 9.03 Å². The van der Waals surface area contributed by atoms with Gasteiger partial charge >= 0.3 is 12.1 Å². The Morgan fingerprint density at radius 1 is 0.606 bits per heavy atom. The van der Waals surface area contributed by atoms with Crippen molar-refractivity contribution in [3.63, 3.8) is 0 Å². The fraction of sp³-hybridized carbons (Fsp3) is 0.318. The number of amides is 8. The molecule has 20 nitrogen and oxygen atoms in total. The molecule has 8 amide bonds. The fourth-order valence-electron chi connectivity index (χ4n) is 7.28. The van der Waals surface area contributed by atoms with Gasteiger partial charge in [-0.05, 0) is 74.9 Å². The van der Waals surface area contributed by atoms with E-state index < -0.39 is 80.8 Å². The maximum absolute atomic E-state index is 14.6. The topological polar surface area (TPSA) is 248 Å². The van der Waals surface area contributed by atoms with Gasteiger partial charge in [0.25, 0.3) is 23.6 Å². The number of aryl methyl sites for hydroxylation is 2. The molecule has 4 aromatic carbocycles. The molecular weight excluding hydrogens is 893 g/mol. The van der Waals surface area contributed by atoms with Crippen LogP contribution in [0.1, 0.15) is 37.8 Å². The van der Waals surface area contributed by atoms with Crippen molar-refractivity contribution < 1.29 is 45.6 Å². The zero-order valence-electron chi connectivity index (χ0n) is 36.8. The van der Waals surface area contributed by atoms with Gasteiger partial charge in [0.15, 0.2) is 0 Å². The fourth-order valence-corrected chi connectivity index (χ4v) is 9.58. The highest BCUT2D eigenvalue weighted by Crippen LogP contribution is 2.41. The summed E-state index contributed by atoms with van der Waals surface area (Å²) < 4.78 is 59.9. The van der Waals surface area contributed by atoms with Crippen molar-refractivity contribution in [2.24, 2.45) is 20.5 Å². The number of azo groups is 2. The van der Waals surface area contributed by atoms with Crippen LogP contribution >= 0.6 is 0 Å². The minimum Gasteiger partial charge on any atom is -0.271 e.